The molecule has 2 saturated heterocycles. The third kappa shape index (κ3) is 5.34. The molecule has 1 N–H and O–H groups in total. The second-order valence-corrected chi connectivity index (χ2v) is 16.9. The predicted molar refractivity (Wildman–Crippen MR) is 211 cm³/mol. The summed E-state index contributed by atoms with van der Waals surface area (Å²) >= 11 is 14.0. The number of halogens is 2. The van der Waals surface area contributed by atoms with Crippen molar-refractivity contribution in [3.05, 3.63) is 106 Å². The summed E-state index contributed by atoms with van der Waals surface area (Å²) in [6.45, 7) is 3.86. The quantitative estimate of drug-likeness (QED) is 0.132. The largest absolute Gasteiger partial charge is 0.491 e. The number of allylic oxidation sites excluding steroid dienone is 2. The Morgan fingerprint density at radius 1 is 0.909 bits per heavy atom. The van der Waals surface area contributed by atoms with Gasteiger partial charge >= 0.3 is 0 Å². The molecule has 3 aromatic carbocycles. The third-order valence-corrected chi connectivity index (χ3v) is 13.9. The molecule has 0 radical (unpaired) electrons. The first kappa shape index (κ1) is 35.9. The van der Waals surface area contributed by atoms with Gasteiger partial charge in [-0.3, -0.25) is 28.8 Å². The van der Waals surface area contributed by atoms with Gasteiger partial charge in [0.05, 0.1) is 40.3 Å². The highest BCUT2D eigenvalue weighted by molar-refractivity contribution is 7.22. The van der Waals surface area contributed by atoms with Crippen LogP contribution < -0.4 is 14.5 Å². The Hall–Kier alpha value is -4.81. The Bertz CT molecular complexity index is 2480. The number of amides is 4. The van der Waals surface area contributed by atoms with Crippen molar-refractivity contribution >= 4 is 79.8 Å². The van der Waals surface area contributed by atoms with Crippen LogP contribution in [0.2, 0.25) is 10.0 Å². The highest BCUT2D eigenvalue weighted by Gasteiger charge is 2.68. The van der Waals surface area contributed by atoms with Gasteiger partial charge < -0.3 is 9.84 Å². The SMILES string of the molecule is Cc1c(-c2cc(N3C(=O)[C@@H]4C[C@@H]5C(=CC[C@@H]6C(=O)N(c7ccc(Cl)cc7)C(=O)[C@@H]65)[C@H](c5ccc(OCCO)cc5)[C@]4(C)C3=O)n(C)n2)sc2ccc(Cl)cc12. The van der Waals surface area contributed by atoms with E-state index in [-0.39, 0.29) is 43.3 Å². The molecule has 2 aliphatic heterocycles. The predicted octanol–water partition coefficient (Wildman–Crippen LogP) is 7.72. The molecule has 2 aromatic heterocycles. The number of rotatable bonds is 7. The van der Waals surface area contributed by atoms with Crippen molar-refractivity contribution in [1.29, 1.82) is 0 Å². The van der Waals surface area contributed by atoms with Crippen molar-refractivity contribution in [2.45, 2.75) is 32.6 Å². The Morgan fingerprint density at radius 3 is 2.36 bits per heavy atom. The number of nitrogens with zero attached hydrogens (tertiary/aromatic N) is 4. The van der Waals surface area contributed by atoms with Crippen molar-refractivity contribution < 1.29 is 29.0 Å². The maximum absolute atomic E-state index is 15.1. The first-order valence-electron chi connectivity index (χ1n) is 18.2. The normalized spacial score (nSPS) is 26.1. The molecule has 0 bridgehead atoms. The molecular formula is C42H36Cl2N4O6S. The number of benzene rings is 3. The molecule has 280 valence electrons. The minimum atomic E-state index is -1.23. The zero-order valence-electron chi connectivity index (χ0n) is 30.2. The zero-order valence-corrected chi connectivity index (χ0v) is 32.5. The lowest BCUT2D eigenvalue weighted by atomic mass is 9.51. The number of aryl methyl sites for hydroxylation is 2. The molecule has 0 unspecified atom stereocenters. The minimum Gasteiger partial charge on any atom is -0.491 e. The Morgan fingerprint density at radius 2 is 1.64 bits per heavy atom. The van der Waals surface area contributed by atoms with Crippen molar-refractivity contribution in [3.63, 3.8) is 0 Å². The zero-order chi connectivity index (χ0) is 38.5. The fraction of sp³-hybridized carbons (Fsp3) is 0.310. The van der Waals surface area contributed by atoms with Crippen molar-refractivity contribution in [2.75, 3.05) is 23.0 Å². The van der Waals surface area contributed by atoms with Crippen LogP contribution in [-0.4, -0.2) is 51.7 Å². The summed E-state index contributed by atoms with van der Waals surface area (Å²) in [5.74, 6) is -3.53. The van der Waals surface area contributed by atoms with Crippen LogP contribution in [0.15, 0.2) is 84.4 Å². The van der Waals surface area contributed by atoms with E-state index in [0.717, 1.165) is 31.7 Å². The average molecular weight is 796 g/mol. The molecule has 9 rings (SSSR count). The molecule has 4 aliphatic rings. The number of hydrogen-bond donors (Lipinski definition) is 1. The first-order chi connectivity index (χ1) is 26.4. The molecule has 5 aromatic rings. The third-order valence-electron chi connectivity index (χ3n) is 12.1. The van der Waals surface area contributed by atoms with E-state index >= 15 is 4.79 Å². The van der Waals surface area contributed by atoms with Gasteiger partial charge in [0.2, 0.25) is 23.6 Å². The lowest BCUT2D eigenvalue weighted by Gasteiger charge is -2.49. The smallest absolute Gasteiger partial charge is 0.242 e. The van der Waals surface area contributed by atoms with Crippen molar-refractivity contribution in [2.24, 2.45) is 36.1 Å². The van der Waals surface area contributed by atoms with Gasteiger partial charge in [0.25, 0.3) is 0 Å². The molecule has 6 atom stereocenters. The van der Waals surface area contributed by atoms with Crippen LogP contribution in [0.3, 0.4) is 0 Å². The topological polar surface area (TPSA) is 122 Å². The number of anilines is 2. The van der Waals surface area contributed by atoms with Crippen LogP contribution in [0, 0.1) is 36.0 Å². The average Bonchev–Trinajstić information content (AvgIpc) is 3.84. The molecule has 10 nitrogen and oxygen atoms in total. The van der Waals surface area contributed by atoms with Gasteiger partial charge in [-0.05, 0) is 104 Å². The number of carbonyl (C=O) groups is 4. The summed E-state index contributed by atoms with van der Waals surface area (Å²) in [5.41, 5.74) is 2.55. The maximum Gasteiger partial charge on any atom is 0.242 e. The van der Waals surface area contributed by atoms with E-state index in [1.165, 1.54) is 9.80 Å². The number of thiophene rings is 1. The van der Waals surface area contributed by atoms with Crippen molar-refractivity contribution in [1.82, 2.24) is 9.78 Å². The van der Waals surface area contributed by atoms with Crippen molar-refractivity contribution in [3.8, 4) is 16.3 Å². The van der Waals surface area contributed by atoms with Gasteiger partial charge in [0.1, 0.15) is 23.9 Å². The fourth-order valence-corrected chi connectivity index (χ4v) is 11.0. The number of aromatic nitrogens is 2. The van der Waals surface area contributed by atoms with E-state index in [4.69, 9.17) is 33.0 Å². The van der Waals surface area contributed by atoms with Gasteiger partial charge in [0, 0.05) is 33.8 Å². The molecular weight excluding hydrogens is 759 g/mol. The lowest BCUT2D eigenvalue weighted by molar-refractivity contribution is -0.131. The molecule has 4 amide bonds. The number of imide groups is 2. The van der Waals surface area contributed by atoms with Crippen LogP contribution in [0.25, 0.3) is 20.7 Å². The molecule has 4 heterocycles. The maximum atomic E-state index is 15.1. The number of carbonyl (C=O) groups excluding carboxylic acids is 4. The number of aliphatic hydroxyl groups excluding tert-OH is 1. The fourth-order valence-electron chi connectivity index (χ4n) is 9.59. The molecule has 3 fully saturated rings. The van der Waals surface area contributed by atoms with E-state index in [1.807, 2.05) is 50.3 Å². The van der Waals surface area contributed by atoms with E-state index in [2.05, 4.69) is 0 Å². The summed E-state index contributed by atoms with van der Waals surface area (Å²) in [5, 5.41) is 16.3. The lowest BCUT2D eigenvalue weighted by Crippen LogP contribution is -2.48. The molecule has 55 heavy (non-hydrogen) atoms. The summed E-state index contributed by atoms with van der Waals surface area (Å²) in [6.07, 6.45) is 2.59. The Balaban J connectivity index is 1.14. The van der Waals surface area contributed by atoms with Crippen LogP contribution in [0.4, 0.5) is 11.5 Å². The monoisotopic (exact) mass is 794 g/mol. The molecule has 2 aliphatic carbocycles. The van der Waals surface area contributed by atoms with Crippen LogP contribution >= 0.6 is 34.5 Å². The Labute approximate surface area is 330 Å². The Kier molecular flexibility index (Phi) is 8.58. The standard InChI is InChI=1S/C42H36Cl2N4O6S/c1-21-29-18-24(44)8-15-33(29)55-37(21)32-20-34(46(3)45-32)48-39(51)31-19-30-27(36(42(31,2)41(48)53)22-4-11-26(12-5-22)54-17-16-49)13-14-28-35(30)40(52)47(38(28)50)25-9-6-23(43)7-10-25/h4-13,15,18,20,28,30-31,35-36,49H,14,16-17,19H2,1-3H3/t28-,30+,31-,35-,36-,42+/m0/s1. The second-order valence-electron chi connectivity index (χ2n) is 15.0. The summed E-state index contributed by atoms with van der Waals surface area (Å²) in [6, 6.07) is 21.5. The highest BCUT2D eigenvalue weighted by Crippen LogP contribution is 2.64. The number of fused-ring (bicyclic) bond motifs is 5. The van der Waals surface area contributed by atoms with Gasteiger partial charge in [-0.2, -0.15) is 5.10 Å². The number of ether oxygens (including phenoxy) is 1. The van der Waals surface area contributed by atoms with Gasteiger partial charge in [-0.25, -0.2) is 4.90 Å². The molecule has 1 saturated carbocycles. The minimum absolute atomic E-state index is 0.128. The summed E-state index contributed by atoms with van der Waals surface area (Å²) in [4.78, 5) is 61.8. The number of aliphatic hydroxyl groups is 1. The summed E-state index contributed by atoms with van der Waals surface area (Å²) in [7, 11) is 1.73. The molecule has 0 spiro atoms. The van der Waals surface area contributed by atoms with E-state index < -0.39 is 35.0 Å². The van der Waals surface area contributed by atoms with E-state index in [9.17, 15) is 19.5 Å². The number of hydrogen-bond acceptors (Lipinski definition) is 8. The summed E-state index contributed by atoms with van der Waals surface area (Å²) < 4.78 is 8.28. The van der Waals surface area contributed by atoms with Crippen LogP contribution in [0.5, 0.6) is 5.75 Å². The van der Waals surface area contributed by atoms with E-state index in [0.29, 0.717) is 39.4 Å². The second kappa shape index (κ2) is 13.2. The van der Waals surface area contributed by atoms with E-state index in [1.54, 1.807) is 65.5 Å². The van der Waals surface area contributed by atoms with Gasteiger partial charge in [-0.1, -0.05) is 47.0 Å². The van der Waals surface area contributed by atoms with Gasteiger partial charge in [0.15, 0.2) is 0 Å². The highest BCUT2D eigenvalue weighted by atomic mass is 35.5. The molecule has 13 heteroatoms. The van der Waals surface area contributed by atoms with Crippen LogP contribution in [0.1, 0.15) is 36.8 Å². The first-order valence-corrected chi connectivity index (χ1v) is 19.8. The van der Waals surface area contributed by atoms with Crippen LogP contribution in [-0.2, 0) is 26.2 Å². The van der Waals surface area contributed by atoms with Gasteiger partial charge in [-0.15, -0.1) is 11.3 Å².